The Morgan fingerprint density at radius 3 is 2.58 bits per heavy atom. The lowest BCUT2D eigenvalue weighted by atomic mass is 10.0. The second kappa shape index (κ2) is 9.30. The molecule has 3 aromatic heterocycles. The normalized spacial score (nSPS) is 10.6. The van der Waals surface area contributed by atoms with E-state index in [1.165, 1.54) is 17.5 Å². The van der Waals surface area contributed by atoms with E-state index in [1.54, 1.807) is 12.4 Å². The number of pyridine rings is 1. The van der Waals surface area contributed by atoms with Gasteiger partial charge in [0.1, 0.15) is 5.15 Å². The van der Waals surface area contributed by atoms with E-state index in [-0.39, 0.29) is 22.3 Å². The second-order valence-electron chi connectivity index (χ2n) is 6.42. The number of hydrogen-bond donors (Lipinski definition) is 3. The molecule has 0 saturated heterocycles. The molecular formula is C21H15Cl2N5O2S. The molecule has 7 nitrogen and oxygen atoms in total. The highest BCUT2D eigenvalue weighted by Gasteiger charge is 2.16. The van der Waals surface area contributed by atoms with Gasteiger partial charge in [-0.1, -0.05) is 41.4 Å². The predicted molar refractivity (Wildman–Crippen MR) is 123 cm³/mol. The molecule has 0 aliphatic heterocycles. The van der Waals surface area contributed by atoms with Crippen LogP contribution in [-0.4, -0.2) is 33.3 Å². The summed E-state index contributed by atoms with van der Waals surface area (Å²) in [6.45, 7) is -0.232. The lowest BCUT2D eigenvalue weighted by molar-refractivity contribution is -0.115. The molecule has 0 unspecified atom stereocenters. The Labute approximate surface area is 191 Å². The molecule has 2 amide bonds. The smallest absolute Gasteiger partial charge is 0.254 e. The van der Waals surface area contributed by atoms with Gasteiger partial charge in [-0.05, 0) is 29.3 Å². The quantitative estimate of drug-likeness (QED) is 0.373. The Hall–Kier alpha value is -3.20. The molecule has 0 aliphatic rings. The molecule has 0 fully saturated rings. The van der Waals surface area contributed by atoms with Crippen LogP contribution in [0.2, 0.25) is 10.2 Å². The van der Waals surface area contributed by atoms with Gasteiger partial charge in [0, 0.05) is 29.5 Å². The number of carbonyl (C=O) groups excluding carboxylic acids is 2. The third-order valence-electron chi connectivity index (χ3n) is 4.35. The van der Waals surface area contributed by atoms with E-state index in [9.17, 15) is 9.59 Å². The minimum atomic E-state index is -0.504. The summed E-state index contributed by atoms with van der Waals surface area (Å²) < 4.78 is 0. The SMILES string of the molecule is O=C(CNC(=O)c1c[nH]c(Cl)c1Cl)Nc1nc(-c2cccc(-c3ccncc3)c2)cs1. The van der Waals surface area contributed by atoms with E-state index in [4.69, 9.17) is 23.2 Å². The largest absolute Gasteiger partial charge is 0.350 e. The molecule has 1 aromatic carbocycles. The van der Waals surface area contributed by atoms with Crippen molar-refractivity contribution in [1.82, 2.24) is 20.3 Å². The van der Waals surface area contributed by atoms with Gasteiger partial charge in [0.05, 0.1) is 22.8 Å². The van der Waals surface area contributed by atoms with Gasteiger partial charge in [-0.3, -0.25) is 14.6 Å². The van der Waals surface area contributed by atoms with Crippen molar-refractivity contribution >= 4 is 51.5 Å². The van der Waals surface area contributed by atoms with Crippen molar-refractivity contribution < 1.29 is 9.59 Å². The molecule has 10 heteroatoms. The van der Waals surface area contributed by atoms with Crippen LogP contribution in [0.25, 0.3) is 22.4 Å². The van der Waals surface area contributed by atoms with Crippen LogP contribution in [-0.2, 0) is 4.79 Å². The molecule has 0 bridgehead atoms. The summed E-state index contributed by atoms with van der Waals surface area (Å²) in [7, 11) is 0. The lowest BCUT2D eigenvalue weighted by Gasteiger charge is -2.05. The number of thiazole rings is 1. The number of nitrogens with one attached hydrogen (secondary N) is 3. The zero-order valence-corrected chi connectivity index (χ0v) is 18.2. The molecule has 31 heavy (non-hydrogen) atoms. The second-order valence-corrected chi connectivity index (χ2v) is 8.03. The van der Waals surface area contributed by atoms with Crippen molar-refractivity contribution in [3.63, 3.8) is 0 Å². The molecule has 4 rings (SSSR count). The zero-order chi connectivity index (χ0) is 21.8. The lowest BCUT2D eigenvalue weighted by Crippen LogP contribution is -2.32. The number of aromatic nitrogens is 3. The average molecular weight is 472 g/mol. The first-order chi connectivity index (χ1) is 15.0. The Balaban J connectivity index is 1.38. The molecule has 0 saturated carbocycles. The van der Waals surface area contributed by atoms with Crippen LogP contribution < -0.4 is 10.6 Å². The molecule has 4 aromatic rings. The molecule has 0 spiro atoms. The number of H-pyrrole nitrogens is 1. The highest BCUT2D eigenvalue weighted by molar-refractivity contribution is 7.14. The van der Waals surface area contributed by atoms with E-state index in [0.29, 0.717) is 5.13 Å². The first kappa shape index (κ1) is 21.0. The Morgan fingerprint density at radius 2 is 1.84 bits per heavy atom. The highest BCUT2D eigenvalue weighted by atomic mass is 35.5. The number of hydrogen-bond acceptors (Lipinski definition) is 5. The molecule has 0 aliphatic carbocycles. The number of aromatic amines is 1. The molecule has 0 radical (unpaired) electrons. The van der Waals surface area contributed by atoms with E-state index < -0.39 is 11.8 Å². The Morgan fingerprint density at radius 1 is 1.06 bits per heavy atom. The van der Waals surface area contributed by atoms with Gasteiger partial charge in [-0.25, -0.2) is 4.98 Å². The molecular weight excluding hydrogens is 457 g/mol. The van der Waals surface area contributed by atoms with Crippen molar-refractivity contribution in [1.29, 1.82) is 0 Å². The first-order valence-corrected chi connectivity index (χ1v) is 10.7. The molecule has 3 heterocycles. The zero-order valence-electron chi connectivity index (χ0n) is 15.9. The number of halogens is 2. The number of carbonyl (C=O) groups is 2. The minimum absolute atomic E-state index is 0.109. The number of nitrogens with zero attached hydrogens (tertiary/aromatic N) is 2. The number of amides is 2. The van der Waals surface area contributed by atoms with E-state index in [1.807, 2.05) is 41.8 Å². The topological polar surface area (TPSA) is 99.8 Å². The van der Waals surface area contributed by atoms with Gasteiger partial charge < -0.3 is 15.6 Å². The Kier molecular flexibility index (Phi) is 6.31. The summed E-state index contributed by atoms with van der Waals surface area (Å²) in [4.78, 5) is 35.4. The van der Waals surface area contributed by atoms with Gasteiger partial charge in [0.2, 0.25) is 5.91 Å². The van der Waals surface area contributed by atoms with Crippen molar-refractivity contribution in [3.05, 3.63) is 76.1 Å². The van der Waals surface area contributed by atoms with Gasteiger partial charge in [-0.2, -0.15) is 0 Å². The van der Waals surface area contributed by atoms with Gasteiger partial charge in [-0.15, -0.1) is 11.3 Å². The van der Waals surface area contributed by atoms with Gasteiger partial charge in [0.25, 0.3) is 5.91 Å². The van der Waals surface area contributed by atoms with E-state index in [0.717, 1.165) is 22.4 Å². The number of benzene rings is 1. The van der Waals surface area contributed by atoms with Crippen molar-refractivity contribution in [3.8, 4) is 22.4 Å². The fraction of sp³-hybridized carbons (Fsp3) is 0.0476. The Bertz CT molecular complexity index is 1240. The van der Waals surface area contributed by atoms with Crippen molar-refractivity contribution in [2.45, 2.75) is 0 Å². The summed E-state index contributed by atoms with van der Waals surface area (Å²) in [5.74, 6) is -0.909. The number of anilines is 1. The third kappa shape index (κ3) is 4.93. The van der Waals surface area contributed by atoms with Crippen LogP contribution in [0.4, 0.5) is 5.13 Å². The molecule has 0 atom stereocenters. The highest BCUT2D eigenvalue weighted by Crippen LogP contribution is 2.29. The monoisotopic (exact) mass is 471 g/mol. The van der Waals surface area contributed by atoms with E-state index >= 15 is 0 Å². The summed E-state index contributed by atoms with van der Waals surface area (Å²) >= 11 is 13.0. The number of rotatable bonds is 6. The third-order valence-corrected chi connectivity index (χ3v) is 5.89. The maximum atomic E-state index is 12.2. The fourth-order valence-electron chi connectivity index (χ4n) is 2.83. The summed E-state index contributed by atoms with van der Waals surface area (Å²) in [6.07, 6.45) is 4.87. The van der Waals surface area contributed by atoms with Crippen LogP contribution in [0.15, 0.2) is 60.4 Å². The van der Waals surface area contributed by atoms with Crippen LogP contribution in [0, 0.1) is 0 Å². The summed E-state index contributed by atoms with van der Waals surface area (Å²) in [5, 5.41) is 7.75. The summed E-state index contributed by atoms with van der Waals surface area (Å²) in [6, 6.07) is 11.8. The van der Waals surface area contributed by atoms with Crippen molar-refractivity contribution in [2.75, 3.05) is 11.9 Å². The van der Waals surface area contributed by atoms with Gasteiger partial charge >= 0.3 is 0 Å². The maximum absolute atomic E-state index is 12.2. The summed E-state index contributed by atoms with van der Waals surface area (Å²) in [5.41, 5.74) is 3.95. The van der Waals surface area contributed by atoms with E-state index in [2.05, 4.69) is 25.6 Å². The van der Waals surface area contributed by atoms with Crippen LogP contribution >= 0.6 is 34.5 Å². The van der Waals surface area contributed by atoms with Gasteiger partial charge in [0.15, 0.2) is 5.13 Å². The molecule has 3 N–H and O–H groups in total. The fourth-order valence-corrected chi connectivity index (χ4v) is 3.92. The standard InChI is InChI=1S/C21H15Cl2N5O2S/c22-18-15(9-25-19(18)23)20(30)26-10-17(29)28-21-27-16(11-31-21)14-3-1-2-13(8-14)12-4-6-24-7-5-12/h1-9,11,25H,10H2,(H,26,30)(H,27,28,29). The first-order valence-electron chi connectivity index (χ1n) is 9.08. The minimum Gasteiger partial charge on any atom is -0.350 e. The van der Waals surface area contributed by atoms with Crippen LogP contribution in [0.5, 0.6) is 0 Å². The molecule has 156 valence electrons. The predicted octanol–water partition coefficient (Wildman–Crippen LogP) is 4.88. The maximum Gasteiger partial charge on any atom is 0.254 e. The average Bonchev–Trinajstić information content (AvgIpc) is 3.39. The van der Waals surface area contributed by atoms with Crippen LogP contribution in [0.1, 0.15) is 10.4 Å². The van der Waals surface area contributed by atoms with Crippen LogP contribution in [0.3, 0.4) is 0 Å². The van der Waals surface area contributed by atoms with Crippen molar-refractivity contribution in [2.24, 2.45) is 0 Å².